The second-order valence-corrected chi connectivity index (χ2v) is 6.51. The number of nitrogens with zero attached hydrogens (tertiary/aromatic N) is 2. The number of ether oxygens (including phenoxy) is 1. The summed E-state index contributed by atoms with van der Waals surface area (Å²) in [6, 6.07) is 16.8. The van der Waals surface area contributed by atoms with E-state index in [0.29, 0.717) is 17.5 Å². The average molecular weight is 365 g/mol. The Kier molecular flexibility index (Phi) is 4.37. The molecule has 1 amide bonds. The minimum Gasteiger partial charge on any atom is -0.494 e. The highest BCUT2D eigenvalue weighted by Gasteiger charge is 2.16. The number of nitrogens with one attached hydrogen (secondary N) is 1. The first-order valence-corrected chi connectivity index (χ1v) is 8.91. The summed E-state index contributed by atoms with van der Waals surface area (Å²) in [5, 5.41) is 7.12. The van der Waals surface area contributed by atoms with Crippen LogP contribution in [0.15, 0.2) is 59.1 Å². The highest BCUT2D eigenvalue weighted by atomic mass is 32.1. The van der Waals surface area contributed by atoms with E-state index in [-0.39, 0.29) is 11.6 Å². The smallest absolute Gasteiger partial charge is 0.279 e. The maximum absolute atomic E-state index is 12.4. The standard InChI is InChI=1S/C19H15N3O3S/c1-2-24-13-8-9-14-17(10-13)26-19(20-14)21-18(23)15-11-16(25-22-15)12-6-4-3-5-7-12/h3-11H,2H2,1H3,(H,20,21,23). The lowest BCUT2D eigenvalue weighted by atomic mass is 10.1. The van der Waals surface area contributed by atoms with Crippen molar-refractivity contribution in [1.82, 2.24) is 10.1 Å². The summed E-state index contributed by atoms with van der Waals surface area (Å²) in [6.45, 7) is 2.54. The van der Waals surface area contributed by atoms with Crippen LogP contribution in [0.2, 0.25) is 0 Å². The zero-order chi connectivity index (χ0) is 17.9. The number of benzene rings is 2. The molecule has 130 valence electrons. The van der Waals surface area contributed by atoms with E-state index in [0.717, 1.165) is 21.5 Å². The Labute approximate surface area is 153 Å². The van der Waals surface area contributed by atoms with Gasteiger partial charge in [-0.05, 0) is 25.1 Å². The van der Waals surface area contributed by atoms with Gasteiger partial charge >= 0.3 is 0 Å². The molecule has 4 rings (SSSR count). The fourth-order valence-electron chi connectivity index (χ4n) is 2.50. The van der Waals surface area contributed by atoms with Crippen molar-refractivity contribution in [3.8, 4) is 17.1 Å². The van der Waals surface area contributed by atoms with Gasteiger partial charge in [0.25, 0.3) is 5.91 Å². The summed E-state index contributed by atoms with van der Waals surface area (Å²) in [4.78, 5) is 16.8. The molecule has 6 nitrogen and oxygen atoms in total. The molecule has 2 heterocycles. The maximum atomic E-state index is 12.4. The van der Waals surface area contributed by atoms with Crippen LogP contribution in [0, 0.1) is 0 Å². The molecule has 1 N–H and O–H groups in total. The van der Waals surface area contributed by atoms with Gasteiger partial charge in [-0.25, -0.2) is 4.98 Å². The number of rotatable bonds is 5. The van der Waals surface area contributed by atoms with Crippen LogP contribution >= 0.6 is 11.3 Å². The van der Waals surface area contributed by atoms with E-state index in [2.05, 4.69) is 15.5 Å². The van der Waals surface area contributed by atoms with Crippen molar-refractivity contribution in [2.45, 2.75) is 6.92 Å². The maximum Gasteiger partial charge on any atom is 0.279 e. The third-order valence-electron chi connectivity index (χ3n) is 3.69. The Balaban J connectivity index is 1.53. The van der Waals surface area contributed by atoms with E-state index in [1.165, 1.54) is 11.3 Å². The number of amides is 1. The van der Waals surface area contributed by atoms with Gasteiger partial charge in [0, 0.05) is 11.6 Å². The molecule has 0 bridgehead atoms. The molecule has 0 saturated heterocycles. The van der Waals surface area contributed by atoms with Crippen molar-refractivity contribution in [2.24, 2.45) is 0 Å². The minimum atomic E-state index is -0.361. The van der Waals surface area contributed by atoms with Crippen LogP contribution in [0.3, 0.4) is 0 Å². The van der Waals surface area contributed by atoms with Crippen LogP contribution in [0.1, 0.15) is 17.4 Å². The number of aromatic nitrogens is 2. The van der Waals surface area contributed by atoms with Crippen molar-refractivity contribution in [1.29, 1.82) is 0 Å². The molecular weight excluding hydrogens is 350 g/mol. The Morgan fingerprint density at radius 1 is 1.19 bits per heavy atom. The predicted molar refractivity (Wildman–Crippen MR) is 101 cm³/mol. The Morgan fingerprint density at radius 2 is 2.04 bits per heavy atom. The molecule has 2 aromatic heterocycles. The molecule has 0 fully saturated rings. The third-order valence-corrected chi connectivity index (χ3v) is 4.63. The Bertz CT molecular complexity index is 1060. The lowest BCUT2D eigenvalue weighted by Gasteiger charge is -2.00. The van der Waals surface area contributed by atoms with E-state index in [1.807, 2.05) is 55.5 Å². The largest absolute Gasteiger partial charge is 0.494 e. The summed E-state index contributed by atoms with van der Waals surface area (Å²) < 4.78 is 11.7. The molecule has 2 aromatic carbocycles. The summed E-state index contributed by atoms with van der Waals surface area (Å²) in [7, 11) is 0. The van der Waals surface area contributed by atoms with Gasteiger partial charge in [-0.1, -0.05) is 46.8 Å². The first-order chi connectivity index (χ1) is 12.7. The molecule has 4 aromatic rings. The summed E-state index contributed by atoms with van der Waals surface area (Å²) in [5.41, 5.74) is 1.87. The molecule has 0 spiro atoms. The van der Waals surface area contributed by atoms with Gasteiger partial charge in [-0.3, -0.25) is 10.1 Å². The van der Waals surface area contributed by atoms with Crippen molar-refractivity contribution in [3.05, 3.63) is 60.3 Å². The number of hydrogen-bond donors (Lipinski definition) is 1. The van der Waals surface area contributed by atoms with Gasteiger partial charge in [-0.2, -0.15) is 0 Å². The van der Waals surface area contributed by atoms with Crippen molar-refractivity contribution < 1.29 is 14.1 Å². The van der Waals surface area contributed by atoms with Gasteiger partial charge in [-0.15, -0.1) is 0 Å². The zero-order valence-corrected chi connectivity index (χ0v) is 14.7. The quantitative estimate of drug-likeness (QED) is 0.559. The molecule has 0 radical (unpaired) electrons. The molecule has 0 atom stereocenters. The van der Waals surface area contributed by atoms with E-state index in [1.54, 1.807) is 6.07 Å². The van der Waals surface area contributed by atoms with E-state index in [9.17, 15) is 4.79 Å². The van der Waals surface area contributed by atoms with Gasteiger partial charge in [0.05, 0.1) is 16.8 Å². The minimum absolute atomic E-state index is 0.207. The topological polar surface area (TPSA) is 77.2 Å². The van der Waals surface area contributed by atoms with Gasteiger partial charge < -0.3 is 9.26 Å². The number of carbonyl (C=O) groups is 1. The SMILES string of the molecule is CCOc1ccc2nc(NC(=O)c3cc(-c4ccccc4)on3)sc2c1. The molecule has 26 heavy (non-hydrogen) atoms. The predicted octanol–water partition coefficient (Wildman–Crippen LogP) is 4.60. The Hall–Kier alpha value is -3.19. The lowest BCUT2D eigenvalue weighted by molar-refractivity contribution is 0.101. The fourth-order valence-corrected chi connectivity index (χ4v) is 3.39. The van der Waals surface area contributed by atoms with Crippen molar-refractivity contribution in [3.63, 3.8) is 0 Å². The molecule has 0 aliphatic heterocycles. The number of hydrogen-bond acceptors (Lipinski definition) is 6. The highest BCUT2D eigenvalue weighted by Crippen LogP contribution is 2.29. The number of fused-ring (bicyclic) bond motifs is 1. The second-order valence-electron chi connectivity index (χ2n) is 5.48. The van der Waals surface area contributed by atoms with Crippen molar-refractivity contribution >= 4 is 32.6 Å². The Morgan fingerprint density at radius 3 is 2.85 bits per heavy atom. The van der Waals surface area contributed by atoms with E-state index < -0.39 is 0 Å². The van der Waals surface area contributed by atoms with Crippen LogP contribution in [0.5, 0.6) is 5.75 Å². The number of anilines is 1. The zero-order valence-electron chi connectivity index (χ0n) is 13.9. The van der Waals surface area contributed by atoms with Crippen LogP contribution < -0.4 is 10.1 Å². The highest BCUT2D eigenvalue weighted by molar-refractivity contribution is 7.22. The molecule has 0 unspecified atom stereocenters. The first kappa shape index (κ1) is 16.3. The third kappa shape index (κ3) is 3.29. The second kappa shape index (κ2) is 6.97. The van der Waals surface area contributed by atoms with Crippen LogP contribution in [-0.2, 0) is 0 Å². The molecule has 0 aliphatic carbocycles. The normalized spacial score (nSPS) is 10.8. The monoisotopic (exact) mass is 365 g/mol. The molecule has 0 aliphatic rings. The van der Waals surface area contributed by atoms with Crippen LogP contribution in [0.25, 0.3) is 21.5 Å². The summed E-state index contributed by atoms with van der Waals surface area (Å²) in [6.07, 6.45) is 0. The van der Waals surface area contributed by atoms with Crippen molar-refractivity contribution in [2.75, 3.05) is 11.9 Å². The summed E-state index contributed by atoms with van der Waals surface area (Å²) >= 11 is 1.38. The number of carbonyl (C=O) groups excluding carboxylic acids is 1. The van der Waals surface area contributed by atoms with Gasteiger partial charge in [0.2, 0.25) is 0 Å². The van der Waals surface area contributed by atoms with Crippen LogP contribution in [0.4, 0.5) is 5.13 Å². The molecule has 0 saturated carbocycles. The summed E-state index contributed by atoms with van der Waals surface area (Å²) in [5.74, 6) is 0.965. The first-order valence-electron chi connectivity index (χ1n) is 8.10. The molecule has 7 heteroatoms. The van der Waals surface area contributed by atoms with Gasteiger partial charge in [0.1, 0.15) is 5.75 Å². The number of thiazole rings is 1. The molecular formula is C19H15N3O3S. The van der Waals surface area contributed by atoms with E-state index >= 15 is 0 Å². The van der Waals surface area contributed by atoms with Crippen LogP contribution in [-0.4, -0.2) is 22.7 Å². The van der Waals surface area contributed by atoms with E-state index in [4.69, 9.17) is 9.26 Å². The van der Waals surface area contributed by atoms with Gasteiger partial charge in [0.15, 0.2) is 16.6 Å². The average Bonchev–Trinajstić information content (AvgIpc) is 3.29. The lowest BCUT2D eigenvalue weighted by Crippen LogP contribution is -2.11. The fraction of sp³-hybridized carbons (Fsp3) is 0.105.